The number of nitrogens with one attached hydrogen (secondary N) is 1. The van der Waals surface area contributed by atoms with Gasteiger partial charge >= 0.3 is 0 Å². The van der Waals surface area contributed by atoms with Crippen molar-refractivity contribution < 1.29 is 10.0 Å². The molecular formula is C7H15N3O2. The summed E-state index contributed by atoms with van der Waals surface area (Å²) in [6.45, 7) is 4.05. The van der Waals surface area contributed by atoms with Crippen molar-refractivity contribution in [3.63, 3.8) is 0 Å². The minimum atomic E-state index is -0.334. The van der Waals surface area contributed by atoms with Crippen LogP contribution in [0.2, 0.25) is 0 Å². The number of hydroxylamine groups is 1. The molecule has 12 heavy (non-hydrogen) atoms. The molecule has 0 aromatic heterocycles. The molecule has 0 saturated carbocycles. The summed E-state index contributed by atoms with van der Waals surface area (Å²) in [5.41, 5.74) is 1.63. The molecule has 1 saturated heterocycles. The number of amides is 1. The van der Waals surface area contributed by atoms with E-state index in [0.29, 0.717) is 6.54 Å². The predicted molar refractivity (Wildman–Crippen MR) is 43.9 cm³/mol. The predicted octanol–water partition coefficient (Wildman–Crippen LogP) is -1.26. The average Bonchev–Trinajstić information content (AvgIpc) is 2.09. The van der Waals surface area contributed by atoms with Crippen LogP contribution in [0.25, 0.3) is 0 Å². The first kappa shape index (κ1) is 9.44. The number of hydrogen-bond donors (Lipinski definition) is 2. The summed E-state index contributed by atoms with van der Waals surface area (Å²) < 4.78 is 0. The second-order valence-electron chi connectivity index (χ2n) is 3.11. The zero-order chi connectivity index (χ0) is 8.97. The number of piperazine rings is 1. The van der Waals surface area contributed by atoms with Crippen LogP contribution in [0.15, 0.2) is 0 Å². The highest BCUT2D eigenvalue weighted by Gasteiger charge is 2.15. The minimum Gasteiger partial charge on any atom is -0.304 e. The van der Waals surface area contributed by atoms with Gasteiger partial charge in [0.1, 0.15) is 0 Å². The van der Waals surface area contributed by atoms with Crippen molar-refractivity contribution in [2.24, 2.45) is 0 Å². The summed E-state index contributed by atoms with van der Waals surface area (Å²) in [7, 11) is 2.06. The highest BCUT2D eigenvalue weighted by atomic mass is 16.5. The lowest BCUT2D eigenvalue weighted by atomic mass is 10.3. The summed E-state index contributed by atoms with van der Waals surface area (Å²) in [5.74, 6) is -0.334. The first-order chi connectivity index (χ1) is 5.72. The lowest BCUT2D eigenvalue weighted by molar-refractivity contribution is -0.130. The van der Waals surface area contributed by atoms with Crippen molar-refractivity contribution in [2.45, 2.75) is 0 Å². The Bertz CT molecular complexity index is 155. The largest absolute Gasteiger partial charge is 0.304 e. The molecule has 5 nitrogen and oxygen atoms in total. The van der Waals surface area contributed by atoms with Gasteiger partial charge in [0, 0.05) is 26.2 Å². The summed E-state index contributed by atoms with van der Waals surface area (Å²) in [6, 6.07) is 0. The zero-order valence-electron chi connectivity index (χ0n) is 7.29. The first-order valence-corrected chi connectivity index (χ1v) is 4.06. The van der Waals surface area contributed by atoms with Gasteiger partial charge in [-0.1, -0.05) is 0 Å². The molecule has 1 heterocycles. The van der Waals surface area contributed by atoms with Gasteiger partial charge in [-0.3, -0.25) is 14.9 Å². The molecule has 0 aromatic rings. The van der Waals surface area contributed by atoms with E-state index in [0.717, 1.165) is 26.2 Å². The molecule has 5 heteroatoms. The molecule has 1 amide bonds. The minimum absolute atomic E-state index is 0.296. The van der Waals surface area contributed by atoms with Gasteiger partial charge in [0.2, 0.25) is 0 Å². The standard InChI is InChI=1S/C7H15N3O2/c1-9-2-4-10(5-3-9)6-7(11)8-12/h12H,2-6H2,1H3,(H,8,11). The van der Waals surface area contributed by atoms with Crippen LogP contribution in [0.4, 0.5) is 0 Å². The van der Waals surface area contributed by atoms with Gasteiger partial charge in [0.25, 0.3) is 5.91 Å². The van der Waals surface area contributed by atoms with Gasteiger partial charge in [0.15, 0.2) is 0 Å². The van der Waals surface area contributed by atoms with Gasteiger partial charge in [0.05, 0.1) is 6.54 Å². The third-order valence-electron chi connectivity index (χ3n) is 2.09. The van der Waals surface area contributed by atoms with Gasteiger partial charge in [-0.15, -0.1) is 0 Å². The maximum atomic E-state index is 10.7. The van der Waals surface area contributed by atoms with E-state index in [1.54, 1.807) is 5.48 Å². The Morgan fingerprint density at radius 1 is 1.42 bits per heavy atom. The quantitative estimate of drug-likeness (QED) is 0.404. The van der Waals surface area contributed by atoms with Crippen LogP contribution in [0.5, 0.6) is 0 Å². The van der Waals surface area contributed by atoms with E-state index in [2.05, 4.69) is 11.9 Å². The third-order valence-corrected chi connectivity index (χ3v) is 2.09. The molecule has 0 bridgehead atoms. The summed E-state index contributed by atoms with van der Waals surface area (Å²) in [4.78, 5) is 15.0. The zero-order valence-corrected chi connectivity index (χ0v) is 7.29. The SMILES string of the molecule is CN1CCN(CC(=O)NO)CC1. The fraction of sp³-hybridized carbons (Fsp3) is 0.857. The Balaban J connectivity index is 2.21. The topological polar surface area (TPSA) is 55.8 Å². The van der Waals surface area contributed by atoms with E-state index in [9.17, 15) is 4.79 Å². The van der Waals surface area contributed by atoms with Gasteiger partial charge in [-0.25, -0.2) is 5.48 Å². The molecule has 0 aromatic carbocycles. The molecule has 70 valence electrons. The number of carbonyl (C=O) groups is 1. The van der Waals surface area contributed by atoms with Gasteiger partial charge < -0.3 is 4.90 Å². The highest BCUT2D eigenvalue weighted by Crippen LogP contribution is 1.97. The van der Waals surface area contributed by atoms with Crippen LogP contribution in [0, 0.1) is 0 Å². The molecule has 0 unspecified atom stereocenters. The van der Waals surface area contributed by atoms with E-state index >= 15 is 0 Å². The molecule has 1 aliphatic rings. The highest BCUT2D eigenvalue weighted by molar-refractivity contribution is 5.76. The summed E-state index contributed by atoms with van der Waals surface area (Å²) in [5, 5.41) is 8.28. The van der Waals surface area contributed by atoms with Crippen LogP contribution in [-0.2, 0) is 4.79 Å². The molecular weight excluding hydrogens is 158 g/mol. The van der Waals surface area contributed by atoms with Crippen LogP contribution in [-0.4, -0.2) is 60.7 Å². The van der Waals surface area contributed by atoms with Crippen molar-refractivity contribution in [1.29, 1.82) is 0 Å². The fourth-order valence-electron chi connectivity index (χ4n) is 1.24. The van der Waals surface area contributed by atoms with Crippen molar-refractivity contribution in [2.75, 3.05) is 39.8 Å². The Kier molecular flexibility index (Phi) is 3.46. The average molecular weight is 173 g/mol. The Morgan fingerprint density at radius 3 is 2.50 bits per heavy atom. The van der Waals surface area contributed by atoms with E-state index in [1.165, 1.54) is 0 Å². The van der Waals surface area contributed by atoms with E-state index < -0.39 is 0 Å². The van der Waals surface area contributed by atoms with E-state index in [4.69, 9.17) is 5.21 Å². The van der Waals surface area contributed by atoms with Crippen molar-refractivity contribution in [1.82, 2.24) is 15.3 Å². The van der Waals surface area contributed by atoms with Gasteiger partial charge in [-0.05, 0) is 7.05 Å². The normalized spacial score (nSPS) is 20.8. The molecule has 1 aliphatic heterocycles. The van der Waals surface area contributed by atoms with Crippen molar-refractivity contribution in [3.05, 3.63) is 0 Å². The summed E-state index contributed by atoms with van der Waals surface area (Å²) >= 11 is 0. The van der Waals surface area contributed by atoms with Crippen LogP contribution >= 0.6 is 0 Å². The Labute approximate surface area is 71.9 Å². The number of nitrogens with zero attached hydrogens (tertiary/aromatic N) is 2. The molecule has 0 aliphatic carbocycles. The van der Waals surface area contributed by atoms with Crippen LogP contribution in [0.3, 0.4) is 0 Å². The smallest absolute Gasteiger partial charge is 0.257 e. The molecule has 1 fully saturated rings. The van der Waals surface area contributed by atoms with Crippen LogP contribution in [0.1, 0.15) is 0 Å². The molecule has 0 radical (unpaired) electrons. The third kappa shape index (κ3) is 2.77. The Morgan fingerprint density at radius 2 is 2.00 bits per heavy atom. The second-order valence-corrected chi connectivity index (χ2v) is 3.11. The lowest BCUT2D eigenvalue weighted by Crippen LogP contribution is -2.47. The maximum absolute atomic E-state index is 10.7. The second kappa shape index (κ2) is 4.39. The molecule has 2 N–H and O–H groups in total. The lowest BCUT2D eigenvalue weighted by Gasteiger charge is -2.31. The van der Waals surface area contributed by atoms with Crippen molar-refractivity contribution >= 4 is 5.91 Å². The molecule has 1 rings (SSSR count). The summed E-state index contributed by atoms with van der Waals surface area (Å²) in [6.07, 6.45) is 0. The monoisotopic (exact) mass is 173 g/mol. The number of hydrogen-bond acceptors (Lipinski definition) is 4. The van der Waals surface area contributed by atoms with Crippen LogP contribution < -0.4 is 5.48 Å². The number of rotatable bonds is 2. The van der Waals surface area contributed by atoms with Crippen molar-refractivity contribution in [3.8, 4) is 0 Å². The van der Waals surface area contributed by atoms with Gasteiger partial charge in [-0.2, -0.15) is 0 Å². The fourth-order valence-corrected chi connectivity index (χ4v) is 1.24. The van der Waals surface area contributed by atoms with E-state index in [-0.39, 0.29) is 5.91 Å². The molecule has 0 atom stereocenters. The van der Waals surface area contributed by atoms with E-state index in [1.807, 2.05) is 4.90 Å². The number of likely N-dealkylation sites (N-methyl/N-ethyl adjacent to an activating group) is 1. The maximum Gasteiger partial charge on any atom is 0.257 e. The first-order valence-electron chi connectivity index (χ1n) is 4.06. The molecule has 0 spiro atoms. The Hall–Kier alpha value is -0.650. The number of carbonyl (C=O) groups excluding carboxylic acids is 1.